The van der Waals surface area contributed by atoms with Gasteiger partial charge in [0.05, 0.1) is 11.0 Å². The lowest BCUT2D eigenvalue weighted by atomic mass is 10.2. The van der Waals surface area contributed by atoms with Crippen molar-refractivity contribution in [3.63, 3.8) is 0 Å². The molecule has 0 aliphatic carbocycles. The Morgan fingerprint density at radius 1 is 1.27 bits per heavy atom. The van der Waals surface area contributed by atoms with Crippen molar-refractivity contribution in [3.8, 4) is 0 Å². The fraction of sp³-hybridized carbons (Fsp3) is 0.462. The molecule has 0 saturated carbocycles. The number of hydrogen-bond acceptors (Lipinski definition) is 5. The second-order valence-electron chi connectivity index (χ2n) is 4.88. The highest BCUT2D eigenvalue weighted by molar-refractivity contribution is 5.85. The molecule has 1 amide bonds. The first-order valence-electron chi connectivity index (χ1n) is 6.53. The molecule has 0 radical (unpaired) electrons. The average molecular weight is 351 g/mol. The molecule has 1 atom stereocenters. The number of anilines is 1. The number of piperazine rings is 1. The van der Waals surface area contributed by atoms with Crippen molar-refractivity contribution in [2.75, 3.05) is 31.1 Å². The van der Waals surface area contributed by atoms with Crippen molar-refractivity contribution in [2.45, 2.75) is 13.0 Å². The van der Waals surface area contributed by atoms with E-state index >= 15 is 0 Å². The van der Waals surface area contributed by atoms with Crippen molar-refractivity contribution < 1.29 is 9.72 Å². The number of nitrogens with zero attached hydrogens (tertiary/aromatic N) is 3. The number of benzene rings is 1. The van der Waals surface area contributed by atoms with Gasteiger partial charge in [0.15, 0.2) is 0 Å². The van der Waals surface area contributed by atoms with E-state index in [1.165, 1.54) is 6.07 Å². The normalized spacial score (nSPS) is 15.4. The van der Waals surface area contributed by atoms with E-state index in [0.29, 0.717) is 26.2 Å². The molecular weight excluding hydrogens is 331 g/mol. The molecule has 1 aliphatic heterocycles. The zero-order chi connectivity index (χ0) is 14.7. The molecule has 124 valence electrons. The highest BCUT2D eigenvalue weighted by Gasteiger charge is 2.23. The van der Waals surface area contributed by atoms with Crippen LogP contribution in [0.4, 0.5) is 11.4 Å². The lowest BCUT2D eigenvalue weighted by Gasteiger charge is -2.36. The summed E-state index contributed by atoms with van der Waals surface area (Å²) in [5, 5.41) is 10.8. The molecule has 1 aliphatic rings. The van der Waals surface area contributed by atoms with Gasteiger partial charge >= 0.3 is 0 Å². The van der Waals surface area contributed by atoms with Crippen LogP contribution in [0.5, 0.6) is 0 Å². The molecular formula is C13H20Cl2N4O3. The standard InChI is InChI=1S/C13H18N4O3.2ClH/c1-10(14)13(18)16-7-5-15(6-8-16)11-3-2-4-12(9-11)17(19)20;;/h2-4,9-10H,5-8,14H2,1H3;2*1H/t10-;;/m0../s1. The van der Waals surface area contributed by atoms with E-state index in [0.717, 1.165) is 5.69 Å². The van der Waals surface area contributed by atoms with E-state index < -0.39 is 11.0 Å². The summed E-state index contributed by atoms with van der Waals surface area (Å²) in [6.45, 7) is 4.15. The van der Waals surface area contributed by atoms with E-state index in [1.54, 1.807) is 24.0 Å². The largest absolute Gasteiger partial charge is 0.368 e. The third kappa shape index (κ3) is 4.72. The Hall–Kier alpha value is -1.57. The molecule has 1 aromatic rings. The van der Waals surface area contributed by atoms with Crippen LogP contribution in [-0.4, -0.2) is 48.0 Å². The molecule has 1 heterocycles. The molecule has 1 aromatic carbocycles. The van der Waals surface area contributed by atoms with Crippen LogP contribution in [0, 0.1) is 10.1 Å². The third-order valence-corrected chi connectivity index (χ3v) is 3.39. The summed E-state index contributed by atoms with van der Waals surface area (Å²) in [5.74, 6) is -0.0521. The molecule has 1 saturated heterocycles. The zero-order valence-corrected chi connectivity index (χ0v) is 13.8. The number of nitro groups is 1. The summed E-state index contributed by atoms with van der Waals surface area (Å²) in [4.78, 5) is 25.9. The number of hydrogen-bond donors (Lipinski definition) is 1. The van der Waals surface area contributed by atoms with Gasteiger partial charge in [-0.15, -0.1) is 24.8 Å². The lowest BCUT2D eigenvalue weighted by molar-refractivity contribution is -0.384. The molecule has 1 fully saturated rings. The number of nitrogens with two attached hydrogens (primary N) is 1. The fourth-order valence-corrected chi connectivity index (χ4v) is 2.28. The van der Waals surface area contributed by atoms with Crippen LogP contribution in [0.15, 0.2) is 24.3 Å². The van der Waals surface area contributed by atoms with Crippen LogP contribution < -0.4 is 10.6 Å². The van der Waals surface area contributed by atoms with Gasteiger partial charge < -0.3 is 15.5 Å². The predicted molar refractivity (Wildman–Crippen MR) is 90.0 cm³/mol. The summed E-state index contributed by atoms with van der Waals surface area (Å²) in [7, 11) is 0. The fourth-order valence-electron chi connectivity index (χ4n) is 2.28. The molecule has 7 nitrogen and oxygen atoms in total. The Labute approximate surface area is 141 Å². The number of nitro benzene ring substituents is 1. The van der Waals surface area contributed by atoms with Gasteiger partial charge in [0, 0.05) is 44.0 Å². The Balaban J connectivity index is 0.00000220. The average Bonchev–Trinajstić information content (AvgIpc) is 2.46. The number of non-ortho nitro benzene ring substituents is 1. The van der Waals surface area contributed by atoms with Crippen molar-refractivity contribution in [1.29, 1.82) is 0 Å². The van der Waals surface area contributed by atoms with Crippen molar-refractivity contribution in [1.82, 2.24) is 4.90 Å². The van der Waals surface area contributed by atoms with Gasteiger partial charge in [-0.3, -0.25) is 14.9 Å². The lowest BCUT2D eigenvalue weighted by Crippen LogP contribution is -2.52. The highest BCUT2D eigenvalue weighted by Crippen LogP contribution is 2.22. The van der Waals surface area contributed by atoms with Crippen LogP contribution in [0.1, 0.15) is 6.92 Å². The van der Waals surface area contributed by atoms with Crippen molar-refractivity contribution >= 4 is 42.1 Å². The topological polar surface area (TPSA) is 92.7 Å². The smallest absolute Gasteiger partial charge is 0.271 e. The second kappa shape index (κ2) is 8.77. The Kier molecular flexibility index (Phi) is 8.15. The minimum Gasteiger partial charge on any atom is -0.368 e. The van der Waals surface area contributed by atoms with Gasteiger partial charge in [0.25, 0.3) is 5.69 Å². The molecule has 2 N–H and O–H groups in total. The van der Waals surface area contributed by atoms with Crippen molar-refractivity contribution in [3.05, 3.63) is 34.4 Å². The molecule has 0 bridgehead atoms. The molecule has 22 heavy (non-hydrogen) atoms. The first kappa shape index (κ1) is 20.4. The van der Waals surface area contributed by atoms with Gasteiger partial charge in [0.1, 0.15) is 0 Å². The first-order valence-corrected chi connectivity index (χ1v) is 6.53. The van der Waals surface area contributed by atoms with Crippen molar-refractivity contribution in [2.24, 2.45) is 5.73 Å². The Morgan fingerprint density at radius 2 is 1.86 bits per heavy atom. The van der Waals surface area contributed by atoms with E-state index in [1.807, 2.05) is 11.0 Å². The maximum Gasteiger partial charge on any atom is 0.271 e. The molecule has 0 aromatic heterocycles. The quantitative estimate of drug-likeness (QED) is 0.657. The van der Waals surface area contributed by atoms with E-state index in [-0.39, 0.29) is 36.4 Å². The van der Waals surface area contributed by atoms with Crippen LogP contribution in [-0.2, 0) is 4.79 Å². The van der Waals surface area contributed by atoms with E-state index in [2.05, 4.69) is 0 Å². The Morgan fingerprint density at radius 3 is 2.36 bits per heavy atom. The highest BCUT2D eigenvalue weighted by atomic mass is 35.5. The maximum absolute atomic E-state index is 11.8. The number of rotatable bonds is 3. The van der Waals surface area contributed by atoms with Gasteiger partial charge in [-0.2, -0.15) is 0 Å². The van der Waals surface area contributed by atoms with Gasteiger partial charge in [-0.05, 0) is 13.0 Å². The van der Waals surface area contributed by atoms with Gasteiger partial charge in [0.2, 0.25) is 5.91 Å². The molecule has 0 unspecified atom stereocenters. The maximum atomic E-state index is 11.8. The van der Waals surface area contributed by atoms with Gasteiger partial charge in [-0.1, -0.05) is 6.07 Å². The molecule has 2 rings (SSSR count). The predicted octanol–water partition coefficient (Wildman–Crippen LogP) is 1.43. The summed E-state index contributed by atoms with van der Waals surface area (Å²) in [6, 6.07) is 6.06. The van der Waals surface area contributed by atoms with Crippen LogP contribution in [0.25, 0.3) is 0 Å². The number of halogens is 2. The van der Waals surface area contributed by atoms with Crippen LogP contribution >= 0.6 is 24.8 Å². The van der Waals surface area contributed by atoms with Crippen LogP contribution in [0.2, 0.25) is 0 Å². The SMILES string of the molecule is C[C@H](N)C(=O)N1CCN(c2cccc([N+](=O)[O-])c2)CC1.Cl.Cl. The van der Waals surface area contributed by atoms with E-state index in [9.17, 15) is 14.9 Å². The number of amides is 1. The van der Waals surface area contributed by atoms with Gasteiger partial charge in [-0.25, -0.2) is 0 Å². The molecule has 9 heteroatoms. The second-order valence-corrected chi connectivity index (χ2v) is 4.88. The number of carbonyl (C=O) groups is 1. The Bertz CT molecular complexity index is 520. The van der Waals surface area contributed by atoms with E-state index in [4.69, 9.17) is 5.73 Å². The summed E-state index contributed by atoms with van der Waals surface area (Å²) >= 11 is 0. The number of carbonyl (C=O) groups excluding carboxylic acids is 1. The summed E-state index contributed by atoms with van der Waals surface area (Å²) in [5.41, 5.74) is 6.48. The zero-order valence-electron chi connectivity index (χ0n) is 12.2. The summed E-state index contributed by atoms with van der Waals surface area (Å²) < 4.78 is 0. The molecule has 0 spiro atoms. The van der Waals surface area contributed by atoms with Crippen LogP contribution in [0.3, 0.4) is 0 Å². The third-order valence-electron chi connectivity index (χ3n) is 3.39. The first-order chi connectivity index (χ1) is 9.49. The minimum atomic E-state index is -0.487. The monoisotopic (exact) mass is 350 g/mol. The minimum absolute atomic E-state index is 0. The summed E-state index contributed by atoms with van der Waals surface area (Å²) in [6.07, 6.45) is 0.